The summed E-state index contributed by atoms with van der Waals surface area (Å²) in [7, 11) is 0. The zero-order valence-corrected chi connectivity index (χ0v) is 71.8. The van der Waals surface area contributed by atoms with Crippen molar-refractivity contribution in [2.24, 2.45) is 142 Å². The molecule has 27 saturated carbocycles. The second-order valence-corrected chi connectivity index (χ2v) is 44.9. The third-order valence-corrected chi connectivity index (χ3v) is 37.2. The Morgan fingerprint density at radius 1 is 0.0755 bits per heavy atom. The lowest BCUT2D eigenvalue weighted by Crippen LogP contribution is -2.21. The second-order valence-electron chi connectivity index (χ2n) is 44.9. The number of hydrogen-bond donors (Lipinski definition) is 0. The second kappa shape index (κ2) is 47.9. The zero-order valence-electron chi connectivity index (χ0n) is 71.8. The summed E-state index contributed by atoms with van der Waals surface area (Å²) < 4.78 is 0. The fourth-order valence-corrected chi connectivity index (χ4v) is 30.2. The van der Waals surface area contributed by atoms with E-state index in [2.05, 4.69) is 0 Å². The van der Waals surface area contributed by atoms with Crippen molar-refractivity contribution in [3.05, 3.63) is 0 Å². The van der Waals surface area contributed by atoms with E-state index >= 15 is 0 Å². The highest BCUT2D eigenvalue weighted by Gasteiger charge is 2.57. The molecule has 0 aliphatic heterocycles. The van der Waals surface area contributed by atoms with Gasteiger partial charge in [0.2, 0.25) is 0 Å². The molecule has 0 heterocycles. The van der Waals surface area contributed by atoms with Crippen LogP contribution in [0.5, 0.6) is 0 Å². The number of fused-ring (bicyclic) bond motifs is 40. The van der Waals surface area contributed by atoms with Gasteiger partial charge in [0.15, 0.2) is 0 Å². The van der Waals surface area contributed by atoms with Crippen LogP contribution in [-0.2, 0) is 0 Å². The van der Waals surface area contributed by atoms with Crippen molar-refractivity contribution in [1.29, 1.82) is 0 Å². The molecule has 0 saturated heterocycles. The maximum Gasteiger partial charge on any atom is -0.0352 e. The molecule has 612 valence electrons. The van der Waals surface area contributed by atoms with E-state index in [1.165, 1.54) is 165 Å². The van der Waals surface area contributed by atoms with E-state index in [1.807, 2.05) is 0 Å². The monoisotopic (exact) mass is 1460 g/mol. The SMILES string of the molecule is C1CC2CC1C1CC21.C1CC2CCC(C1)C2.C1CC2CCC1CC2.C1CC2CCCC(C1)C2.C1CC2CCCC(C1)CC2.C1CC2CCCC(C1)CCC2.C1CCC2CCC(C1)C2.C1CCC2CCC(C1)CC2.C1CCC2CCCC(C1)C2.C1CCC2CCCC(C1)CC2.C1CCC2CCCC(C1)CCC2. The van der Waals surface area contributed by atoms with Gasteiger partial charge in [-0.15, -0.1) is 0 Å². The molecule has 0 aromatic heterocycles. The van der Waals surface area contributed by atoms with Gasteiger partial charge in [0, 0.05) is 0 Å². The Morgan fingerprint density at radius 3 is 0.358 bits per heavy atom. The van der Waals surface area contributed by atoms with Crippen LogP contribution in [0.3, 0.4) is 0 Å². The molecule has 0 amide bonds. The molecule has 27 aliphatic rings. The minimum absolute atomic E-state index is 1.11. The van der Waals surface area contributed by atoms with E-state index in [0.29, 0.717) is 0 Å². The maximum absolute atomic E-state index is 1.62. The molecule has 0 heteroatoms. The molecule has 27 aliphatic carbocycles. The Bertz CT molecular complexity index is 1960. The van der Waals surface area contributed by atoms with Crippen LogP contribution in [0.4, 0.5) is 0 Å². The van der Waals surface area contributed by atoms with Gasteiger partial charge in [-0.25, -0.2) is 0 Å². The zero-order chi connectivity index (χ0) is 71.8. The summed E-state index contributed by atoms with van der Waals surface area (Å²) in [6, 6.07) is 0. The molecule has 0 aromatic rings. The Balaban J connectivity index is 0.000000103. The molecule has 0 nitrogen and oxygen atoms in total. The lowest BCUT2D eigenvalue weighted by atomic mass is 9.71. The van der Waals surface area contributed by atoms with Gasteiger partial charge >= 0.3 is 0 Å². The average Bonchev–Trinajstić information content (AvgIpc) is 1.58. The van der Waals surface area contributed by atoms with Crippen LogP contribution in [0.25, 0.3) is 0 Å². The van der Waals surface area contributed by atoms with Crippen LogP contribution in [0, 0.1) is 142 Å². The highest BCUT2D eigenvalue weighted by molar-refractivity contribution is 5.06. The average molecular weight is 1460 g/mol. The van der Waals surface area contributed by atoms with Crippen LogP contribution in [0.1, 0.15) is 527 Å². The third-order valence-electron chi connectivity index (χ3n) is 37.2. The van der Waals surface area contributed by atoms with Crippen LogP contribution in [-0.4, -0.2) is 0 Å². The minimum atomic E-state index is 1.11. The normalized spacial score (nSPS) is 43.0. The van der Waals surface area contributed by atoms with Crippen molar-refractivity contribution in [2.45, 2.75) is 527 Å². The van der Waals surface area contributed by atoms with Crippen molar-refractivity contribution >= 4 is 0 Å². The highest BCUT2D eigenvalue weighted by Crippen LogP contribution is 2.65. The van der Waals surface area contributed by atoms with Gasteiger partial charge in [-0.05, 0) is 193 Å². The topological polar surface area (TPSA) is 0 Å². The fourth-order valence-electron chi connectivity index (χ4n) is 30.2. The highest BCUT2D eigenvalue weighted by atomic mass is 14.6. The summed E-state index contributed by atoms with van der Waals surface area (Å²) in [5, 5.41) is 0. The molecule has 106 heavy (non-hydrogen) atoms. The molecule has 22 bridgehead atoms. The fraction of sp³-hybridized carbons (Fsp3) is 1.00. The van der Waals surface area contributed by atoms with Gasteiger partial charge in [-0.1, -0.05) is 475 Å². The predicted molar refractivity (Wildman–Crippen MR) is 462 cm³/mol. The van der Waals surface area contributed by atoms with Crippen LogP contribution >= 0.6 is 0 Å². The van der Waals surface area contributed by atoms with Gasteiger partial charge in [0.1, 0.15) is 0 Å². The molecule has 12 unspecified atom stereocenters. The smallest absolute Gasteiger partial charge is 0.0352 e. The first-order valence-corrected chi connectivity index (χ1v) is 52.4. The maximum atomic E-state index is 1.62. The van der Waals surface area contributed by atoms with E-state index in [1.54, 1.807) is 385 Å². The quantitative estimate of drug-likeness (QED) is 0.227. The Hall–Kier alpha value is 0. The number of rotatable bonds is 0. The van der Waals surface area contributed by atoms with E-state index < -0.39 is 0 Å². The molecule has 0 N–H and O–H groups in total. The first kappa shape index (κ1) is 83.9. The Morgan fingerprint density at radius 2 is 0.189 bits per heavy atom. The third kappa shape index (κ3) is 30.2. The van der Waals surface area contributed by atoms with Gasteiger partial charge in [0.05, 0.1) is 0 Å². The molecular weight excluding hydrogens is 1270 g/mol. The number of hydrogen-bond acceptors (Lipinski definition) is 0. The summed E-state index contributed by atoms with van der Waals surface area (Å²) in [4.78, 5) is 0. The first-order chi connectivity index (χ1) is 52.4. The van der Waals surface area contributed by atoms with E-state index in [-0.39, 0.29) is 0 Å². The van der Waals surface area contributed by atoms with Crippen molar-refractivity contribution in [3.8, 4) is 0 Å². The van der Waals surface area contributed by atoms with Gasteiger partial charge < -0.3 is 0 Å². The molecule has 0 radical (unpaired) electrons. The minimum Gasteiger partial charge on any atom is -0.0530 e. The largest absolute Gasteiger partial charge is 0.0530 e. The van der Waals surface area contributed by atoms with Gasteiger partial charge in [-0.2, -0.15) is 0 Å². The summed E-state index contributed by atoms with van der Waals surface area (Å²) in [5.74, 6) is 27.7. The molecule has 27 rings (SSSR count). The Labute approximate surface area is 664 Å². The summed E-state index contributed by atoms with van der Waals surface area (Å²) in [5.41, 5.74) is 0. The van der Waals surface area contributed by atoms with Gasteiger partial charge in [-0.3, -0.25) is 0 Å². The molecule has 27 fully saturated rings. The standard InChI is InChI=1S/C12H22.2C11H20.3C10H18.2C9H16.C8H12.2C8H14/c1-2-6-12-9-3-7-11(5-1)8-4-10-12;1-4-10-6-2-7-11(5-1)9-3-8-10;1-2-5-11-7-3-6-10(4-1)8-9-11;1-3-9-5-2-6-10(4-1)8-7-9;1-2-5-10-7-3-6-9(4-1)8-10;1-2-4-10-7-5-9(3-1)6-8-10;1-3-8-5-2-6-9(4-1)7-8;1-2-4-9-6-5-8(3-1)7-9;1-2-6-3-5(1)7-4-8(6)7;1-2-8-5-3-7(1)4-6-8;1-2-7-4-5-8(3-1)6-7/h11-12H,1-10H2;2*10-11H,1-9H2;3*9-10H,1-8H2;2*8-9H,1-7H2;5-8H,1-4H2;2*7-8H,1-6H2. The summed E-state index contributed by atoms with van der Waals surface area (Å²) >= 11 is 0. The molecule has 12 atom stereocenters. The molecule has 0 spiro atoms. The lowest BCUT2D eigenvalue weighted by molar-refractivity contribution is 0.176. The van der Waals surface area contributed by atoms with Crippen molar-refractivity contribution < 1.29 is 0 Å². The van der Waals surface area contributed by atoms with Crippen LogP contribution < -0.4 is 0 Å². The van der Waals surface area contributed by atoms with E-state index in [4.69, 9.17) is 0 Å². The Kier molecular flexibility index (Phi) is 37.9. The molecule has 0 aromatic carbocycles. The van der Waals surface area contributed by atoms with Gasteiger partial charge in [0.25, 0.3) is 0 Å². The van der Waals surface area contributed by atoms with Crippen LogP contribution in [0.2, 0.25) is 0 Å². The van der Waals surface area contributed by atoms with Crippen molar-refractivity contribution in [2.75, 3.05) is 0 Å². The van der Waals surface area contributed by atoms with Crippen molar-refractivity contribution in [3.63, 3.8) is 0 Å². The summed E-state index contributed by atoms with van der Waals surface area (Å²) in [6.07, 6.45) is 127. The van der Waals surface area contributed by atoms with Crippen molar-refractivity contribution in [1.82, 2.24) is 0 Å². The lowest BCUT2D eigenvalue weighted by Gasteiger charge is -2.35. The van der Waals surface area contributed by atoms with Crippen LogP contribution in [0.15, 0.2) is 0 Å². The summed E-state index contributed by atoms with van der Waals surface area (Å²) in [6.45, 7) is 0. The van der Waals surface area contributed by atoms with E-state index in [9.17, 15) is 0 Å². The molecular formula is C106H188. The first-order valence-electron chi connectivity index (χ1n) is 52.4. The predicted octanol–water partition coefficient (Wildman–Crippen LogP) is 34.9. The van der Waals surface area contributed by atoms with E-state index in [0.717, 1.165) is 118 Å².